The molecule has 2 heterocycles. The van der Waals surface area contributed by atoms with Crippen LogP contribution in [0.1, 0.15) is 17.9 Å². The Bertz CT molecular complexity index is 673. The molecular weight excluding hydrogens is 244 g/mol. The maximum absolute atomic E-state index is 12.0. The molecule has 0 aliphatic heterocycles. The third-order valence-electron chi connectivity index (χ3n) is 3.33. The van der Waals surface area contributed by atoms with Gasteiger partial charge >= 0.3 is 0 Å². The van der Waals surface area contributed by atoms with Crippen LogP contribution in [0.15, 0.2) is 41.6 Å². The minimum absolute atomic E-state index is 0.0729. The molecule has 1 aliphatic carbocycles. The van der Waals surface area contributed by atoms with Gasteiger partial charge in [-0.1, -0.05) is 6.07 Å². The van der Waals surface area contributed by atoms with Crippen molar-refractivity contribution in [2.24, 2.45) is 13.0 Å². The molecule has 98 valence electrons. The largest absolute Gasteiger partial charge is 0.276 e. The van der Waals surface area contributed by atoms with Gasteiger partial charge in [-0.15, -0.1) is 0 Å². The number of aryl methyl sites for hydroxylation is 1. The van der Waals surface area contributed by atoms with E-state index in [0.717, 1.165) is 12.0 Å². The molecule has 0 radical (unpaired) electrons. The van der Waals surface area contributed by atoms with Crippen LogP contribution >= 0.6 is 0 Å². The maximum atomic E-state index is 12.0. The topological polar surface area (TPSA) is 68.9 Å². The number of aromatic nitrogens is 3. The highest BCUT2D eigenvalue weighted by atomic mass is 16.2. The van der Waals surface area contributed by atoms with Crippen LogP contribution in [0.25, 0.3) is 0 Å². The van der Waals surface area contributed by atoms with E-state index in [1.54, 1.807) is 29.2 Å². The zero-order chi connectivity index (χ0) is 13.4. The monoisotopic (exact) mass is 258 g/mol. The Morgan fingerprint density at radius 1 is 1.47 bits per heavy atom. The highest BCUT2D eigenvalue weighted by molar-refractivity contribution is 5.89. The Labute approximate surface area is 109 Å². The molecule has 3 rings (SSSR count). The smallest absolute Gasteiger partial charge is 0.269 e. The Morgan fingerprint density at radius 3 is 3.00 bits per heavy atom. The van der Waals surface area contributed by atoms with E-state index in [0.29, 0.717) is 0 Å². The van der Waals surface area contributed by atoms with Gasteiger partial charge in [0.25, 0.3) is 5.56 Å². The predicted octanol–water partition coefficient (Wildman–Crippen LogP) is 0.456. The number of nitrogens with zero attached hydrogens (tertiary/aromatic N) is 3. The van der Waals surface area contributed by atoms with Crippen molar-refractivity contribution in [2.75, 3.05) is 5.43 Å². The molecule has 0 unspecified atom stereocenters. The van der Waals surface area contributed by atoms with Crippen molar-refractivity contribution >= 4 is 5.91 Å². The lowest BCUT2D eigenvalue weighted by atomic mass is 10.2. The summed E-state index contributed by atoms with van der Waals surface area (Å²) in [5, 5.41) is 4.10. The fourth-order valence-electron chi connectivity index (χ4n) is 2.21. The first-order chi connectivity index (χ1) is 9.15. The molecule has 1 fully saturated rings. The third-order valence-corrected chi connectivity index (χ3v) is 3.33. The lowest BCUT2D eigenvalue weighted by Gasteiger charge is -2.06. The first-order valence-corrected chi connectivity index (χ1v) is 6.12. The van der Waals surface area contributed by atoms with Gasteiger partial charge in [0.1, 0.15) is 0 Å². The highest BCUT2D eigenvalue weighted by Crippen LogP contribution is 2.47. The van der Waals surface area contributed by atoms with Crippen LogP contribution in [-0.2, 0) is 11.8 Å². The summed E-state index contributed by atoms with van der Waals surface area (Å²) in [6.07, 6.45) is 6.06. The summed E-state index contributed by atoms with van der Waals surface area (Å²) in [7, 11) is 1.85. The molecule has 0 aromatic carbocycles. The average Bonchev–Trinajstić information content (AvgIpc) is 3.08. The Morgan fingerprint density at radius 2 is 2.32 bits per heavy atom. The first-order valence-electron chi connectivity index (χ1n) is 6.12. The van der Waals surface area contributed by atoms with Gasteiger partial charge < -0.3 is 0 Å². The number of hydrogen-bond donors (Lipinski definition) is 1. The van der Waals surface area contributed by atoms with Crippen LogP contribution in [0.3, 0.4) is 0 Å². The molecule has 6 heteroatoms. The standard InChI is InChI=1S/C13H14N4O2/c1-16-8-9(7-14-16)10-6-11(10)13(19)15-17-5-3-2-4-12(17)18/h2-5,7-8,10-11H,6H2,1H3,(H,15,19)/t10-,11+/m0/s1. The summed E-state index contributed by atoms with van der Waals surface area (Å²) < 4.78 is 2.94. The van der Waals surface area contributed by atoms with E-state index in [1.165, 1.54) is 10.7 Å². The molecular formula is C13H14N4O2. The summed E-state index contributed by atoms with van der Waals surface area (Å²) in [5.41, 5.74) is 3.45. The van der Waals surface area contributed by atoms with Crippen molar-refractivity contribution < 1.29 is 4.79 Å². The van der Waals surface area contributed by atoms with Gasteiger partial charge in [-0.3, -0.25) is 19.7 Å². The molecule has 1 amide bonds. The molecule has 0 bridgehead atoms. The second-order valence-electron chi connectivity index (χ2n) is 4.78. The second-order valence-corrected chi connectivity index (χ2v) is 4.78. The van der Waals surface area contributed by atoms with E-state index >= 15 is 0 Å². The van der Waals surface area contributed by atoms with Crippen molar-refractivity contribution in [1.82, 2.24) is 14.5 Å². The molecule has 2 aromatic rings. The minimum Gasteiger partial charge on any atom is -0.276 e. The Balaban J connectivity index is 1.67. The summed E-state index contributed by atoms with van der Waals surface area (Å²) in [4.78, 5) is 23.5. The van der Waals surface area contributed by atoms with Gasteiger partial charge in [0, 0.05) is 31.4 Å². The maximum Gasteiger partial charge on any atom is 0.269 e. The second kappa shape index (κ2) is 4.38. The van der Waals surface area contributed by atoms with E-state index in [4.69, 9.17) is 0 Å². The van der Waals surface area contributed by atoms with Gasteiger partial charge in [0.2, 0.25) is 5.91 Å². The van der Waals surface area contributed by atoms with Gasteiger partial charge in [-0.25, -0.2) is 4.68 Å². The highest BCUT2D eigenvalue weighted by Gasteiger charge is 2.44. The average molecular weight is 258 g/mol. The van der Waals surface area contributed by atoms with Gasteiger partial charge in [-0.05, 0) is 24.0 Å². The van der Waals surface area contributed by atoms with Crippen LogP contribution in [-0.4, -0.2) is 20.4 Å². The first kappa shape index (κ1) is 11.7. The molecule has 0 saturated heterocycles. The number of hydrogen-bond acceptors (Lipinski definition) is 3. The fraction of sp³-hybridized carbons (Fsp3) is 0.308. The van der Waals surface area contributed by atoms with Crippen molar-refractivity contribution in [3.05, 3.63) is 52.7 Å². The summed E-state index contributed by atoms with van der Waals surface area (Å²) >= 11 is 0. The Kier molecular flexibility index (Phi) is 2.70. The van der Waals surface area contributed by atoms with Gasteiger partial charge in [0.15, 0.2) is 0 Å². The van der Waals surface area contributed by atoms with Gasteiger partial charge in [0.05, 0.1) is 6.20 Å². The number of nitrogens with one attached hydrogen (secondary N) is 1. The van der Waals surface area contributed by atoms with Crippen molar-refractivity contribution in [2.45, 2.75) is 12.3 Å². The van der Waals surface area contributed by atoms with E-state index < -0.39 is 0 Å². The molecule has 0 spiro atoms. The number of pyridine rings is 1. The minimum atomic E-state index is -0.241. The quantitative estimate of drug-likeness (QED) is 0.869. The summed E-state index contributed by atoms with van der Waals surface area (Å²) in [5.74, 6) is 0.0200. The van der Waals surface area contributed by atoms with Crippen molar-refractivity contribution in [3.63, 3.8) is 0 Å². The normalized spacial score (nSPS) is 21.1. The number of carbonyl (C=O) groups is 1. The predicted molar refractivity (Wildman–Crippen MR) is 69.1 cm³/mol. The number of amides is 1. The van der Waals surface area contributed by atoms with Gasteiger partial charge in [-0.2, -0.15) is 5.10 Å². The third kappa shape index (κ3) is 2.29. The molecule has 1 saturated carbocycles. The number of rotatable bonds is 3. The van der Waals surface area contributed by atoms with E-state index in [9.17, 15) is 9.59 Å². The molecule has 1 N–H and O–H groups in total. The summed E-state index contributed by atoms with van der Waals surface area (Å²) in [6.45, 7) is 0. The fourth-order valence-corrected chi connectivity index (χ4v) is 2.21. The molecule has 1 aliphatic rings. The van der Waals surface area contributed by atoms with E-state index in [2.05, 4.69) is 10.5 Å². The Hall–Kier alpha value is -2.37. The zero-order valence-electron chi connectivity index (χ0n) is 10.5. The molecule has 2 aromatic heterocycles. The molecule has 2 atom stereocenters. The van der Waals surface area contributed by atoms with E-state index in [-0.39, 0.29) is 23.3 Å². The van der Waals surface area contributed by atoms with Crippen LogP contribution in [0.2, 0.25) is 0 Å². The van der Waals surface area contributed by atoms with Crippen LogP contribution < -0.4 is 11.0 Å². The van der Waals surface area contributed by atoms with Crippen LogP contribution in [0, 0.1) is 5.92 Å². The summed E-state index contributed by atoms with van der Waals surface area (Å²) in [6, 6.07) is 4.75. The SMILES string of the molecule is Cn1cc([C@@H]2C[C@H]2C(=O)Nn2ccccc2=O)cn1. The van der Waals surface area contributed by atoms with Crippen LogP contribution in [0.4, 0.5) is 0 Å². The molecule has 19 heavy (non-hydrogen) atoms. The zero-order valence-corrected chi connectivity index (χ0v) is 10.5. The van der Waals surface area contributed by atoms with E-state index in [1.807, 2.05) is 13.2 Å². The number of carbonyl (C=O) groups excluding carboxylic acids is 1. The van der Waals surface area contributed by atoms with Crippen molar-refractivity contribution in [1.29, 1.82) is 0 Å². The lowest BCUT2D eigenvalue weighted by Crippen LogP contribution is -2.33. The van der Waals surface area contributed by atoms with Crippen molar-refractivity contribution in [3.8, 4) is 0 Å². The molecule has 6 nitrogen and oxygen atoms in total. The lowest BCUT2D eigenvalue weighted by molar-refractivity contribution is -0.118. The van der Waals surface area contributed by atoms with Crippen LogP contribution in [0.5, 0.6) is 0 Å².